The number of amides is 1. The highest BCUT2D eigenvalue weighted by molar-refractivity contribution is 5.96. The zero-order chi connectivity index (χ0) is 19.1. The van der Waals surface area contributed by atoms with E-state index >= 15 is 0 Å². The molecular formula is C22H19NO5. The van der Waals surface area contributed by atoms with E-state index in [-0.39, 0.29) is 22.9 Å². The second-order valence-electron chi connectivity index (χ2n) is 7.12. The van der Waals surface area contributed by atoms with Gasteiger partial charge in [0.1, 0.15) is 30.6 Å². The zero-order valence-electron chi connectivity index (χ0n) is 15.2. The third-order valence-electron chi connectivity index (χ3n) is 5.12. The lowest BCUT2D eigenvalue weighted by atomic mass is 10.1. The first-order valence-corrected chi connectivity index (χ1v) is 9.41. The van der Waals surface area contributed by atoms with Gasteiger partial charge >= 0.3 is 0 Å². The fourth-order valence-electron chi connectivity index (χ4n) is 3.52. The maximum Gasteiger partial charge on any atom is 0.261 e. The minimum atomic E-state index is -0.295. The van der Waals surface area contributed by atoms with E-state index in [0.29, 0.717) is 36.5 Å². The topological polar surface area (TPSA) is 69.0 Å². The third-order valence-corrected chi connectivity index (χ3v) is 5.12. The summed E-state index contributed by atoms with van der Waals surface area (Å²) >= 11 is 0. The van der Waals surface area contributed by atoms with Crippen molar-refractivity contribution in [3.05, 3.63) is 70.1 Å². The first-order chi connectivity index (χ1) is 13.7. The highest BCUT2D eigenvalue weighted by Gasteiger charge is 2.34. The summed E-state index contributed by atoms with van der Waals surface area (Å²) in [7, 11) is 0. The summed E-state index contributed by atoms with van der Waals surface area (Å²) in [5, 5.41) is 0.420. The summed E-state index contributed by atoms with van der Waals surface area (Å²) in [5.74, 6) is 1.11. The number of nitrogens with zero attached hydrogens (tertiary/aromatic N) is 1. The number of hydrogen-bond acceptors (Lipinski definition) is 5. The molecule has 5 rings (SSSR count). The van der Waals surface area contributed by atoms with Gasteiger partial charge in [-0.3, -0.25) is 9.59 Å². The van der Waals surface area contributed by atoms with E-state index in [1.54, 1.807) is 29.2 Å². The van der Waals surface area contributed by atoms with E-state index in [2.05, 4.69) is 0 Å². The largest absolute Gasteiger partial charge is 0.486 e. The van der Waals surface area contributed by atoms with Crippen LogP contribution in [0.15, 0.2) is 57.9 Å². The van der Waals surface area contributed by atoms with Crippen LogP contribution in [0.2, 0.25) is 0 Å². The van der Waals surface area contributed by atoms with Crippen LogP contribution in [-0.4, -0.2) is 30.1 Å². The molecule has 1 amide bonds. The van der Waals surface area contributed by atoms with Gasteiger partial charge in [-0.1, -0.05) is 18.2 Å². The summed E-state index contributed by atoms with van der Waals surface area (Å²) in [5.41, 5.74) is 1.20. The lowest BCUT2D eigenvalue weighted by Gasteiger charge is -2.24. The predicted molar refractivity (Wildman–Crippen MR) is 103 cm³/mol. The van der Waals surface area contributed by atoms with Crippen LogP contribution in [0.5, 0.6) is 11.5 Å². The molecule has 0 N–H and O–H groups in total. The van der Waals surface area contributed by atoms with Crippen LogP contribution in [0, 0.1) is 0 Å². The number of hydrogen-bond donors (Lipinski definition) is 0. The molecular weight excluding hydrogens is 358 g/mol. The fraction of sp³-hybridized carbons (Fsp3) is 0.273. The summed E-state index contributed by atoms with van der Waals surface area (Å²) in [6, 6.07) is 12.8. The van der Waals surface area contributed by atoms with Crippen molar-refractivity contribution in [2.75, 3.05) is 13.2 Å². The molecule has 142 valence electrons. The van der Waals surface area contributed by atoms with Gasteiger partial charge in [-0.05, 0) is 42.7 Å². The Bertz CT molecular complexity index is 1120. The summed E-state index contributed by atoms with van der Waals surface area (Å²) in [6.45, 7) is 1.46. The first-order valence-electron chi connectivity index (χ1n) is 9.41. The van der Waals surface area contributed by atoms with Gasteiger partial charge in [0, 0.05) is 12.6 Å². The molecule has 0 spiro atoms. The highest BCUT2D eigenvalue weighted by Crippen LogP contribution is 2.34. The van der Waals surface area contributed by atoms with Crippen LogP contribution in [0.3, 0.4) is 0 Å². The van der Waals surface area contributed by atoms with Crippen molar-refractivity contribution < 1.29 is 18.7 Å². The van der Waals surface area contributed by atoms with E-state index in [1.165, 1.54) is 6.26 Å². The maximum absolute atomic E-state index is 13.2. The minimum absolute atomic E-state index is 0.0724. The van der Waals surface area contributed by atoms with Crippen LogP contribution in [0.1, 0.15) is 28.8 Å². The van der Waals surface area contributed by atoms with Crippen molar-refractivity contribution >= 4 is 16.9 Å². The lowest BCUT2D eigenvalue weighted by Crippen LogP contribution is -2.35. The molecule has 28 heavy (non-hydrogen) atoms. The van der Waals surface area contributed by atoms with Crippen LogP contribution in [0.25, 0.3) is 11.0 Å². The standard InChI is InChI=1S/C22H19NO5/c24-21-16-3-1-2-4-18(16)28-13-17(21)22(25)23(15-6-7-15)12-14-5-8-19-20(11-14)27-10-9-26-19/h1-5,8,11,13,15H,6-7,9-10,12H2. The van der Waals surface area contributed by atoms with Crippen molar-refractivity contribution in [2.24, 2.45) is 0 Å². The van der Waals surface area contributed by atoms with Gasteiger partial charge in [0.15, 0.2) is 11.5 Å². The quantitative estimate of drug-likeness (QED) is 0.697. The molecule has 3 aromatic rings. The SMILES string of the molecule is O=C(c1coc2ccccc2c1=O)N(Cc1ccc2c(c1)OCCO2)C1CC1. The van der Waals surface area contributed by atoms with Gasteiger partial charge in [-0.15, -0.1) is 0 Å². The fourth-order valence-corrected chi connectivity index (χ4v) is 3.52. The lowest BCUT2D eigenvalue weighted by molar-refractivity contribution is 0.0726. The molecule has 1 saturated carbocycles. The number of para-hydroxylation sites is 1. The molecule has 6 heteroatoms. The van der Waals surface area contributed by atoms with E-state index in [4.69, 9.17) is 13.9 Å². The first kappa shape index (κ1) is 16.9. The van der Waals surface area contributed by atoms with Gasteiger partial charge in [0.05, 0.1) is 5.39 Å². The molecule has 0 atom stereocenters. The molecule has 2 heterocycles. The summed E-state index contributed by atoms with van der Waals surface area (Å²) < 4.78 is 16.7. The van der Waals surface area contributed by atoms with Gasteiger partial charge < -0.3 is 18.8 Å². The Morgan fingerprint density at radius 2 is 1.82 bits per heavy atom. The molecule has 1 aliphatic heterocycles. The Hall–Kier alpha value is -3.28. The maximum atomic E-state index is 13.2. The van der Waals surface area contributed by atoms with E-state index in [0.717, 1.165) is 24.2 Å². The highest BCUT2D eigenvalue weighted by atomic mass is 16.6. The predicted octanol–water partition coefficient (Wildman–Crippen LogP) is 3.37. The average molecular weight is 377 g/mol. The molecule has 0 radical (unpaired) electrons. The van der Waals surface area contributed by atoms with Crippen molar-refractivity contribution in [3.63, 3.8) is 0 Å². The number of carbonyl (C=O) groups excluding carboxylic acids is 1. The van der Waals surface area contributed by atoms with Gasteiger partial charge in [0.25, 0.3) is 5.91 Å². The van der Waals surface area contributed by atoms with Crippen molar-refractivity contribution in [3.8, 4) is 11.5 Å². The summed E-state index contributed by atoms with van der Waals surface area (Å²) in [4.78, 5) is 27.8. The number of rotatable bonds is 4. The van der Waals surface area contributed by atoms with Crippen molar-refractivity contribution in [2.45, 2.75) is 25.4 Å². The van der Waals surface area contributed by atoms with Crippen molar-refractivity contribution in [1.29, 1.82) is 0 Å². The molecule has 2 aliphatic rings. The van der Waals surface area contributed by atoms with Crippen LogP contribution in [-0.2, 0) is 6.54 Å². The van der Waals surface area contributed by atoms with E-state index < -0.39 is 0 Å². The smallest absolute Gasteiger partial charge is 0.261 e. The molecule has 1 aliphatic carbocycles. The van der Waals surface area contributed by atoms with Crippen LogP contribution >= 0.6 is 0 Å². The summed E-state index contributed by atoms with van der Waals surface area (Å²) in [6.07, 6.45) is 3.16. The normalized spacial score (nSPS) is 15.4. The van der Waals surface area contributed by atoms with Crippen LogP contribution < -0.4 is 14.9 Å². The van der Waals surface area contributed by atoms with E-state index in [9.17, 15) is 9.59 Å². The monoisotopic (exact) mass is 377 g/mol. The second-order valence-corrected chi connectivity index (χ2v) is 7.12. The van der Waals surface area contributed by atoms with E-state index in [1.807, 2.05) is 18.2 Å². The second kappa shape index (κ2) is 6.71. The van der Waals surface area contributed by atoms with Gasteiger partial charge in [-0.2, -0.15) is 0 Å². The molecule has 0 saturated heterocycles. The minimum Gasteiger partial charge on any atom is -0.486 e. The number of carbonyl (C=O) groups is 1. The molecule has 0 bridgehead atoms. The Kier molecular flexibility index (Phi) is 4.04. The number of ether oxygens (including phenoxy) is 2. The average Bonchev–Trinajstić information content (AvgIpc) is 3.57. The Labute approximate surface area is 161 Å². The number of fused-ring (bicyclic) bond motifs is 2. The van der Waals surface area contributed by atoms with Gasteiger partial charge in [-0.25, -0.2) is 0 Å². The van der Waals surface area contributed by atoms with Crippen molar-refractivity contribution in [1.82, 2.24) is 4.90 Å². The molecule has 2 aromatic carbocycles. The Balaban J connectivity index is 1.47. The third kappa shape index (κ3) is 3.01. The molecule has 6 nitrogen and oxygen atoms in total. The molecule has 0 unspecified atom stereocenters. The molecule has 1 fully saturated rings. The molecule has 1 aromatic heterocycles. The van der Waals surface area contributed by atoms with Gasteiger partial charge in [0.2, 0.25) is 5.43 Å². The number of benzene rings is 2. The Morgan fingerprint density at radius 3 is 2.64 bits per heavy atom. The zero-order valence-corrected chi connectivity index (χ0v) is 15.2. The Morgan fingerprint density at radius 1 is 1.04 bits per heavy atom. The van der Waals surface area contributed by atoms with Crippen LogP contribution in [0.4, 0.5) is 0 Å².